The standard InChI is InChI=1S/C33H30N2O4/c1-23-9-10-27(17-24(23)2)22-39-31-16-11-26(19-32(31)37-3)18-28(20-34)33(36)35-29-12-14-30(15-13-29)38-21-25-7-5-4-6-8-25/h4-19H,21-22H2,1-3H3,(H,35,36)/b28-18+. The quantitative estimate of drug-likeness (QED) is 0.180. The zero-order valence-electron chi connectivity index (χ0n) is 22.2. The summed E-state index contributed by atoms with van der Waals surface area (Å²) in [6, 6.07) is 30.4. The number of aryl methyl sites for hydroxylation is 2. The van der Waals surface area contributed by atoms with Crippen molar-refractivity contribution in [3.05, 3.63) is 124 Å². The summed E-state index contributed by atoms with van der Waals surface area (Å²) >= 11 is 0. The number of anilines is 1. The van der Waals surface area contributed by atoms with Crippen LogP contribution in [0.15, 0.2) is 96.6 Å². The van der Waals surface area contributed by atoms with Crippen LogP contribution in [0.25, 0.3) is 6.08 Å². The maximum Gasteiger partial charge on any atom is 0.266 e. The molecule has 0 saturated heterocycles. The molecule has 0 bridgehead atoms. The van der Waals surface area contributed by atoms with Crippen LogP contribution in [0.4, 0.5) is 5.69 Å². The van der Waals surface area contributed by atoms with Crippen LogP contribution in [0.1, 0.15) is 27.8 Å². The molecule has 0 fully saturated rings. The highest BCUT2D eigenvalue weighted by Gasteiger charge is 2.12. The normalized spacial score (nSPS) is 10.9. The van der Waals surface area contributed by atoms with E-state index in [0.29, 0.717) is 41.7 Å². The Labute approximate surface area is 229 Å². The molecule has 0 heterocycles. The molecule has 0 radical (unpaired) electrons. The summed E-state index contributed by atoms with van der Waals surface area (Å²) in [6.45, 7) is 4.99. The van der Waals surface area contributed by atoms with Crippen LogP contribution in [0, 0.1) is 25.2 Å². The van der Waals surface area contributed by atoms with Crippen LogP contribution in [-0.2, 0) is 18.0 Å². The molecule has 0 unspecified atom stereocenters. The third-order valence-corrected chi connectivity index (χ3v) is 6.19. The van der Waals surface area contributed by atoms with Gasteiger partial charge in [0.05, 0.1) is 7.11 Å². The number of benzene rings is 4. The zero-order valence-corrected chi connectivity index (χ0v) is 22.2. The molecule has 0 aliphatic heterocycles. The van der Waals surface area contributed by atoms with Gasteiger partial charge < -0.3 is 19.5 Å². The predicted octanol–water partition coefficient (Wildman–Crippen LogP) is 7.02. The molecule has 0 aliphatic rings. The van der Waals surface area contributed by atoms with E-state index in [1.54, 1.807) is 49.6 Å². The van der Waals surface area contributed by atoms with Crippen molar-refractivity contribution < 1.29 is 19.0 Å². The van der Waals surface area contributed by atoms with E-state index in [9.17, 15) is 10.1 Å². The van der Waals surface area contributed by atoms with Crippen molar-refractivity contribution in [1.29, 1.82) is 5.26 Å². The van der Waals surface area contributed by atoms with E-state index in [-0.39, 0.29) is 5.57 Å². The second-order valence-corrected chi connectivity index (χ2v) is 9.04. The fourth-order valence-electron chi connectivity index (χ4n) is 3.84. The Morgan fingerprint density at radius 3 is 2.26 bits per heavy atom. The summed E-state index contributed by atoms with van der Waals surface area (Å²) in [7, 11) is 1.55. The number of carbonyl (C=O) groups excluding carboxylic acids is 1. The first-order chi connectivity index (χ1) is 18.9. The molecule has 0 atom stereocenters. The largest absolute Gasteiger partial charge is 0.493 e. The highest BCUT2D eigenvalue weighted by atomic mass is 16.5. The highest BCUT2D eigenvalue weighted by Crippen LogP contribution is 2.30. The molecular formula is C33H30N2O4. The molecular weight excluding hydrogens is 488 g/mol. The Morgan fingerprint density at radius 2 is 1.56 bits per heavy atom. The van der Waals surface area contributed by atoms with Gasteiger partial charge in [0.25, 0.3) is 5.91 Å². The number of amides is 1. The van der Waals surface area contributed by atoms with Crippen LogP contribution < -0.4 is 19.5 Å². The SMILES string of the molecule is COc1cc(/C=C(\C#N)C(=O)Nc2ccc(OCc3ccccc3)cc2)ccc1OCc1ccc(C)c(C)c1. The number of nitrogens with one attached hydrogen (secondary N) is 1. The van der Waals surface area contributed by atoms with Crippen LogP contribution in [-0.4, -0.2) is 13.0 Å². The Balaban J connectivity index is 1.38. The number of hydrogen-bond donors (Lipinski definition) is 1. The maximum atomic E-state index is 12.8. The first kappa shape index (κ1) is 27.0. The Bertz CT molecular complexity index is 1500. The summed E-state index contributed by atoms with van der Waals surface area (Å²) in [5, 5.41) is 12.4. The number of carbonyl (C=O) groups is 1. The fourth-order valence-corrected chi connectivity index (χ4v) is 3.84. The van der Waals surface area contributed by atoms with Crippen LogP contribution in [0.5, 0.6) is 17.2 Å². The van der Waals surface area contributed by atoms with E-state index in [2.05, 4.69) is 31.3 Å². The molecule has 0 aliphatic carbocycles. The summed E-state index contributed by atoms with van der Waals surface area (Å²) in [4.78, 5) is 12.8. The predicted molar refractivity (Wildman–Crippen MR) is 153 cm³/mol. The third-order valence-electron chi connectivity index (χ3n) is 6.19. The Morgan fingerprint density at radius 1 is 0.821 bits per heavy atom. The summed E-state index contributed by atoms with van der Waals surface area (Å²) < 4.78 is 17.3. The molecule has 0 spiro atoms. The van der Waals surface area contributed by atoms with Gasteiger partial charge in [-0.3, -0.25) is 4.79 Å². The monoisotopic (exact) mass is 518 g/mol. The van der Waals surface area contributed by atoms with E-state index < -0.39 is 5.91 Å². The van der Waals surface area contributed by atoms with Crippen LogP contribution in [0.3, 0.4) is 0 Å². The van der Waals surface area contributed by atoms with Crippen molar-refractivity contribution in [3.63, 3.8) is 0 Å². The minimum Gasteiger partial charge on any atom is -0.493 e. The first-order valence-electron chi connectivity index (χ1n) is 12.5. The number of nitriles is 1. The number of rotatable bonds is 10. The minimum atomic E-state index is -0.510. The van der Waals surface area contributed by atoms with Gasteiger partial charge in [-0.25, -0.2) is 0 Å². The molecule has 0 saturated carbocycles. The highest BCUT2D eigenvalue weighted by molar-refractivity contribution is 6.09. The molecule has 1 N–H and O–H groups in total. The third kappa shape index (κ3) is 7.50. The lowest BCUT2D eigenvalue weighted by molar-refractivity contribution is -0.112. The lowest BCUT2D eigenvalue weighted by Crippen LogP contribution is -2.13. The van der Waals surface area contributed by atoms with E-state index >= 15 is 0 Å². The smallest absolute Gasteiger partial charge is 0.266 e. The maximum absolute atomic E-state index is 12.8. The molecule has 4 aromatic rings. The molecule has 196 valence electrons. The summed E-state index contributed by atoms with van der Waals surface area (Å²) in [5.41, 5.74) is 5.72. The molecule has 6 nitrogen and oxygen atoms in total. The molecule has 0 aromatic heterocycles. The van der Waals surface area contributed by atoms with E-state index in [1.165, 1.54) is 17.2 Å². The van der Waals surface area contributed by atoms with Crippen molar-refractivity contribution >= 4 is 17.7 Å². The first-order valence-corrected chi connectivity index (χ1v) is 12.5. The van der Waals surface area contributed by atoms with Gasteiger partial charge in [0.1, 0.15) is 30.6 Å². The van der Waals surface area contributed by atoms with Crippen molar-refractivity contribution in [1.82, 2.24) is 0 Å². The molecule has 6 heteroatoms. The van der Waals surface area contributed by atoms with E-state index in [0.717, 1.165) is 11.1 Å². The topological polar surface area (TPSA) is 80.6 Å². The van der Waals surface area contributed by atoms with Gasteiger partial charge in [-0.1, -0.05) is 54.6 Å². The van der Waals surface area contributed by atoms with Crippen molar-refractivity contribution in [2.45, 2.75) is 27.1 Å². The van der Waals surface area contributed by atoms with E-state index in [4.69, 9.17) is 14.2 Å². The molecule has 4 aromatic carbocycles. The van der Waals surface area contributed by atoms with Gasteiger partial charge in [-0.05, 0) is 84.1 Å². The van der Waals surface area contributed by atoms with Crippen molar-refractivity contribution in [2.75, 3.05) is 12.4 Å². The molecule has 4 rings (SSSR count). The van der Waals surface area contributed by atoms with Crippen LogP contribution >= 0.6 is 0 Å². The Kier molecular flexibility index (Phi) is 8.99. The number of methoxy groups -OCH3 is 1. The molecule has 39 heavy (non-hydrogen) atoms. The minimum absolute atomic E-state index is 0.0368. The van der Waals surface area contributed by atoms with Crippen molar-refractivity contribution in [2.24, 2.45) is 0 Å². The van der Waals surface area contributed by atoms with Gasteiger partial charge >= 0.3 is 0 Å². The second-order valence-electron chi connectivity index (χ2n) is 9.04. The van der Waals surface area contributed by atoms with Gasteiger partial charge in [0, 0.05) is 5.69 Å². The lowest BCUT2D eigenvalue weighted by atomic mass is 10.1. The molecule has 1 amide bonds. The van der Waals surface area contributed by atoms with Gasteiger partial charge in [-0.15, -0.1) is 0 Å². The lowest BCUT2D eigenvalue weighted by Gasteiger charge is -2.12. The number of hydrogen-bond acceptors (Lipinski definition) is 5. The van der Waals surface area contributed by atoms with Crippen LogP contribution in [0.2, 0.25) is 0 Å². The number of ether oxygens (including phenoxy) is 3. The number of nitrogens with zero attached hydrogens (tertiary/aromatic N) is 1. The average Bonchev–Trinajstić information content (AvgIpc) is 2.96. The Hall–Kier alpha value is -5.02. The van der Waals surface area contributed by atoms with E-state index in [1.807, 2.05) is 42.5 Å². The summed E-state index contributed by atoms with van der Waals surface area (Å²) in [6.07, 6.45) is 1.52. The summed E-state index contributed by atoms with van der Waals surface area (Å²) in [5.74, 6) is 1.26. The fraction of sp³-hybridized carbons (Fsp3) is 0.152. The van der Waals surface area contributed by atoms with Gasteiger partial charge in [-0.2, -0.15) is 5.26 Å². The second kappa shape index (κ2) is 13.0. The average molecular weight is 519 g/mol. The zero-order chi connectivity index (χ0) is 27.6. The van der Waals surface area contributed by atoms with Gasteiger partial charge in [0.2, 0.25) is 0 Å². The van der Waals surface area contributed by atoms with Gasteiger partial charge in [0.15, 0.2) is 11.5 Å². The van der Waals surface area contributed by atoms with Crippen molar-refractivity contribution in [3.8, 4) is 23.3 Å².